The van der Waals surface area contributed by atoms with Gasteiger partial charge in [-0.2, -0.15) is 0 Å². The number of nitrogens with zero attached hydrogens (tertiary/aromatic N) is 3. The smallest absolute Gasteiger partial charge is 0.253 e. The summed E-state index contributed by atoms with van der Waals surface area (Å²) in [5.74, 6) is 0.239. The Labute approximate surface area is 181 Å². The van der Waals surface area contributed by atoms with E-state index in [2.05, 4.69) is 9.97 Å². The molecule has 160 valence electrons. The van der Waals surface area contributed by atoms with Crippen LogP contribution in [0.4, 0.5) is 0 Å². The van der Waals surface area contributed by atoms with Gasteiger partial charge in [0, 0.05) is 43.9 Å². The van der Waals surface area contributed by atoms with E-state index in [1.165, 1.54) is 0 Å². The lowest BCUT2D eigenvalue weighted by molar-refractivity contribution is 0.0587. The Morgan fingerprint density at radius 2 is 1.81 bits per heavy atom. The van der Waals surface area contributed by atoms with E-state index in [1.54, 1.807) is 78.1 Å². The first-order valence-electron chi connectivity index (χ1n) is 10.1. The van der Waals surface area contributed by atoms with Gasteiger partial charge in [0.15, 0.2) is 9.84 Å². The van der Waals surface area contributed by atoms with Crippen LogP contribution in [0, 0.1) is 0 Å². The molecule has 0 saturated carbocycles. The third kappa shape index (κ3) is 5.27. The van der Waals surface area contributed by atoms with Crippen LogP contribution in [0.2, 0.25) is 0 Å². The number of ether oxygens (including phenoxy) is 1. The number of carbonyl (C=O) groups is 1. The van der Waals surface area contributed by atoms with E-state index < -0.39 is 9.84 Å². The average Bonchev–Trinajstić information content (AvgIpc) is 2.80. The van der Waals surface area contributed by atoms with Crippen molar-refractivity contribution in [2.24, 2.45) is 0 Å². The van der Waals surface area contributed by atoms with Crippen molar-refractivity contribution in [3.8, 4) is 5.88 Å². The molecule has 0 unspecified atom stereocenters. The lowest BCUT2D eigenvalue weighted by Gasteiger charge is -2.32. The monoisotopic (exact) mass is 437 g/mol. The molecule has 8 heteroatoms. The molecule has 2 heterocycles. The maximum atomic E-state index is 13.0. The molecular formula is C23H23N3O4S. The standard InChI is InChI=1S/C23H23N3O4S/c27-23(26-13-9-20(10-14-26)30-22-16-24-11-12-25-22)19-6-4-5-18(15-19)17-31(28,29)21-7-2-1-3-8-21/h1-8,11-12,15-16,20H,9-10,13-14,17H2. The number of hydrogen-bond acceptors (Lipinski definition) is 6. The Bertz CT molecular complexity index is 1130. The van der Waals surface area contributed by atoms with Crippen LogP contribution in [0.3, 0.4) is 0 Å². The van der Waals surface area contributed by atoms with E-state index >= 15 is 0 Å². The molecule has 4 rings (SSSR count). The highest BCUT2D eigenvalue weighted by Gasteiger charge is 2.25. The normalized spacial score (nSPS) is 14.9. The lowest BCUT2D eigenvalue weighted by Crippen LogP contribution is -2.41. The summed E-state index contributed by atoms with van der Waals surface area (Å²) >= 11 is 0. The van der Waals surface area contributed by atoms with Gasteiger partial charge in [-0.1, -0.05) is 30.3 Å². The van der Waals surface area contributed by atoms with Crippen LogP contribution in [0.25, 0.3) is 0 Å². The zero-order chi connectivity index (χ0) is 21.7. The van der Waals surface area contributed by atoms with Crippen molar-refractivity contribution in [3.05, 3.63) is 84.3 Å². The van der Waals surface area contributed by atoms with Gasteiger partial charge in [-0.15, -0.1) is 0 Å². The molecule has 2 aromatic carbocycles. The molecule has 0 bridgehead atoms. The van der Waals surface area contributed by atoms with Crippen LogP contribution in [-0.2, 0) is 15.6 Å². The number of piperidine rings is 1. The molecule has 1 amide bonds. The SMILES string of the molecule is O=C(c1cccc(CS(=O)(=O)c2ccccc2)c1)N1CCC(Oc2cnccn2)CC1. The summed E-state index contributed by atoms with van der Waals surface area (Å²) in [6.45, 7) is 1.13. The number of benzene rings is 2. The zero-order valence-electron chi connectivity index (χ0n) is 16.9. The molecule has 0 spiro atoms. The molecule has 0 N–H and O–H groups in total. The number of sulfone groups is 1. The summed E-state index contributed by atoms with van der Waals surface area (Å²) in [6.07, 6.45) is 6.14. The van der Waals surface area contributed by atoms with E-state index in [9.17, 15) is 13.2 Å². The molecule has 1 fully saturated rings. The Balaban J connectivity index is 1.38. The van der Waals surface area contributed by atoms with E-state index in [0.717, 1.165) is 0 Å². The Hall–Kier alpha value is -3.26. The van der Waals surface area contributed by atoms with Gasteiger partial charge >= 0.3 is 0 Å². The number of hydrogen-bond donors (Lipinski definition) is 0. The number of amides is 1. The third-order valence-electron chi connectivity index (χ3n) is 5.19. The fourth-order valence-electron chi connectivity index (χ4n) is 3.60. The van der Waals surface area contributed by atoms with Crippen LogP contribution in [0.1, 0.15) is 28.8 Å². The molecule has 1 aliphatic rings. The van der Waals surface area contributed by atoms with Crippen molar-refractivity contribution in [3.63, 3.8) is 0 Å². The summed E-state index contributed by atoms with van der Waals surface area (Å²) < 4.78 is 31.1. The van der Waals surface area contributed by atoms with Crippen molar-refractivity contribution < 1.29 is 17.9 Å². The van der Waals surface area contributed by atoms with Gasteiger partial charge in [0.25, 0.3) is 5.91 Å². The number of likely N-dealkylation sites (tertiary alicyclic amines) is 1. The van der Waals surface area contributed by atoms with Crippen LogP contribution in [-0.4, -0.2) is 48.4 Å². The van der Waals surface area contributed by atoms with Gasteiger partial charge in [-0.25, -0.2) is 13.4 Å². The predicted molar refractivity (Wildman–Crippen MR) is 115 cm³/mol. The molecular weight excluding hydrogens is 414 g/mol. The van der Waals surface area contributed by atoms with E-state index in [1.807, 2.05) is 0 Å². The first-order chi connectivity index (χ1) is 15.0. The fourth-order valence-corrected chi connectivity index (χ4v) is 4.96. The number of carbonyl (C=O) groups excluding carboxylic acids is 1. The molecule has 1 aliphatic heterocycles. The minimum Gasteiger partial charge on any atom is -0.473 e. The molecule has 0 aliphatic carbocycles. The van der Waals surface area contributed by atoms with Gasteiger partial charge in [-0.05, 0) is 29.8 Å². The van der Waals surface area contributed by atoms with Crippen molar-refractivity contribution in [1.82, 2.24) is 14.9 Å². The Kier molecular flexibility index (Phi) is 6.27. The Morgan fingerprint density at radius 1 is 1.03 bits per heavy atom. The maximum Gasteiger partial charge on any atom is 0.253 e. The van der Waals surface area contributed by atoms with E-state index in [0.29, 0.717) is 42.9 Å². The minimum atomic E-state index is -3.47. The van der Waals surface area contributed by atoms with Gasteiger partial charge in [0.2, 0.25) is 5.88 Å². The van der Waals surface area contributed by atoms with E-state index in [4.69, 9.17) is 4.74 Å². The highest BCUT2D eigenvalue weighted by Crippen LogP contribution is 2.20. The molecule has 0 radical (unpaired) electrons. The molecule has 1 saturated heterocycles. The summed E-state index contributed by atoms with van der Waals surface area (Å²) in [7, 11) is -3.47. The summed E-state index contributed by atoms with van der Waals surface area (Å²) in [5.41, 5.74) is 1.09. The van der Waals surface area contributed by atoms with Crippen molar-refractivity contribution in [2.45, 2.75) is 29.6 Å². The first-order valence-corrected chi connectivity index (χ1v) is 11.8. The van der Waals surface area contributed by atoms with Crippen LogP contribution in [0.15, 0.2) is 78.1 Å². The van der Waals surface area contributed by atoms with Crippen LogP contribution >= 0.6 is 0 Å². The second kappa shape index (κ2) is 9.26. The molecule has 1 aromatic heterocycles. The largest absolute Gasteiger partial charge is 0.473 e. The molecule has 31 heavy (non-hydrogen) atoms. The summed E-state index contributed by atoms with van der Waals surface area (Å²) in [4.78, 5) is 23.1. The highest BCUT2D eigenvalue weighted by molar-refractivity contribution is 7.90. The average molecular weight is 438 g/mol. The van der Waals surface area contributed by atoms with Gasteiger partial charge in [-0.3, -0.25) is 9.78 Å². The third-order valence-corrected chi connectivity index (χ3v) is 6.89. The maximum absolute atomic E-state index is 13.0. The van der Waals surface area contributed by atoms with Crippen molar-refractivity contribution in [2.75, 3.05) is 13.1 Å². The van der Waals surface area contributed by atoms with Gasteiger partial charge in [0.1, 0.15) is 6.10 Å². The highest BCUT2D eigenvalue weighted by atomic mass is 32.2. The van der Waals surface area contributed by atoms with Crippen molar-refractivity contribution >= 4 is 15.7 Å². The van der Waals surface area contributed by atoms with Gasteiger partial charge in [0.05, 0.1) is 16.8 Å². The second-order valence-corrected chi connectivity index (χ2v) is 9.42. The number of rotatable bonds is 6. The van der Waals surface area contributed by atoms with Crippen LogP contribution in [0.5, 0.6) is 5.88 Å². The first kappa shape index (κ1) is 21.0. The molecule has 3 aromatic rings. The summed E-state index contributed by atoms with van der Waals surface area (Å²) in [5, 5.41) is 0. The molecule has 7 nitrogen and oxygen atoms in total. The molecule has 0 atom stereocenters. The van der Waals surface area contributed by atoms with Crippen LogP contribution < -0.4 is 4.74 Å². The van der Waals surface area contributed by atoms with E-state index in [-0.39, 0.29) is 22.7 Å². The second-order valence-electron chi connectivity index (χ2n) is 7.43. The zero-order valence-corrected chi connectivity index (χ0v) is 17.7. The number of aromatic nitrogens is 2. The fraction of sp³-hybridized carbons (Fsp3) is 0.261. The quantitative estimate of drug-likeness (QED) is 0.589. The Morgan fingerprint density at radius 3 is 2.52 bits per heavy atom. The minimum absolute atomic E-state index is 0.0110. The topological polar surface area (TPSA) is 89.5 Å². The summed E-state index contributed by atoms with van der Waals surface area (Å²) in [6, 6.07) is 15.2. The lowest BCUT2D eigenvalue weighted by atomic mass is 10.1. The predicted octanol–water partition coefficient (Wildman–Crippen LogP) is 3.13. The van der Waals surface area contributed by atoms with Gasteiger partial charge < -0.3 is 9.64 Å². The van der Waals surface area contributed by atoms with Crippen molar-refractivity contribution in [1.29, 1.82) is 0 Å².